The van der Waals surface area contributed by atoms with Crippen molar-refractivity contribution in [1.82, 2.24) is 4.98 Å². The van der Waals surface area contributed by atoms with Gasteiger partial charge in [-0.15, -0.1) is 0 Å². The third-order valence-electron chi connectivity index (χ3n) is 4.24. The van der Waals surface area contributed by atoms with E-state index in [1.165, 1.54) is 5.56 Å². The first kappa shape index (κ1) is 17.7. The van der Waals surface area contributed by atoms with Crippen molar-refractivity contribution in [3.63, 3.8) is 0 Å². The van der Waals surface area contributed by atoms with E-state index in [1.54, 1.807) is 12.4 Å². The Bertz CT molecular complexity index is 903. The Kier molecular flexibility index (Phi) is 5.32. The van der Waals surface area contributed by atoms with Gasteiger partial charge in [0.15, 0.2) is 0 Å². The molecule has 0 saturated carbocycles. The number of nitrogens with one attached hydrogen (secondary N) is 1. The van der Waals surface area contributed by atoms with E-state index in [9.17, 15) is 4.79 Å². The van der Waals surface area contributed by atoms with E-state index in [-0.39, 0.29) is 5.91 Å². The summed E-state index contributed by atoms with van der Waals surface area (Å²) in [7, 11) is 0. The minimum atomic E-state index is -0.163. The molecule has 0 aliphatic heterocycles. The van der Waals surface area contributed by atoms with E-state index >= 15 is 0 Å². The fourth-order valence-corrected chi connectivity index (χ4v) is 2.85. The maximum atomic E-state index is 12.6. The molecule has 0 unspecified atom stereocenters. The van der Waals surface area contributed by atoms with Crippen molar-refractivity contribution in [3.05, 3.63) is 83.7 Å². The lowest BCUT2D eigenvalue weighted by Gasteiger charge is -2.23. The second-order valence-corrected chi connectivity index (χ2v) is 6.34. The molecule has 26 heavy (non-hydrogen) atoms. The number of pyridine rings is 1. The number of hydrogen-bond acceptors (Lipinski definition) is 3. The number of nitrogens with zero attached hydrogens (tertiary/aromatic N) is 2. The van der Waals surface area contributed by atoms with Crippen LogP contribution in [0.1, 0.15) is 28.4 Å². The van der Waals surface area contributed by atoms with E-state index < -0.39 is 0 Å². The van der Waals surface area contributed by atoms with Crippen LogP contribution in [-0.2, 0) is 0 Å². The van der Waals surface area contributed by atoms with Crippen molar-refractivity contribution >= 4 is 23.0 Å². The average molecular weight is 345 g/mol. The summed E-state index contributed by atoms with van der Waals surface area (Å²) in [5, 5.41) is 2.92. The summed E-state index contributed by atoms with van der Waals surface area (Å²) >= 11 is 0. The molecule has 0 spiro atoms. The smallest absolute Gasteiger partial charge is 0.257 e. The van der Waals surface area contributed by atoms with Crippen molar-refractivity contribution in [3.8, 4) is 0 Å². The SMILES string of the molecule is CCN(c1cccc(C)c1)c1cncc(C(=O)Nc2ccc(C)cc2)c1. The van der Waals surface area contributed by atoms with Crippen molar-refractivity contribution in [2.24, 2.45) is 0 Å². The van der Waals surface area contributed by atoms with Crippen LogP contribution in [0.2, 0.25) is 0 Å². The molecule has 0 bridgehead atoms. The highest BCUT2D eigenvalue weighted by molar-refractivity contribution is 6.04. The van der Waals surface area contributed by atoms with Gasteiger partial charge in [0.05, 0.1) is 17.4 Å². The summed E-state index contributed by atoms with van der Waals surface area (Å²) in [5.41, 5.74) is 5.65. The van der Waals surface area contributed by atoms with E-state index in [2.05, 4.69) is 47.2 Å². The quantitative estimate of drug-likeness (QED) is 0.699. The Labute approximate surface area is 154 Å². The molecule has 0 radical (unpaired) electrons. The Balaban J connectivity index is 1.84. The Morgan fingerprint density at radius 1 is 0.962 bits per heavy atom. The van der Waals surface area contributed by atoms with Gasteiger partial charge in [0.25, 0.3) is 5.91 Å². The maximum Gasteiger partial charge on any atom is 0.257 e. The van der Waals surface area contributed by atoms with Crippen molar-refractivity contribution < 1.29 is 4.79 Å². The standard InChI is InChI=1S/C22H23N3O/c1-4-25(20-7-5-6-17(3)12-20)21-13-18(14-23-15-21)22(26)24-19-10-8-16(2)9-11-19/h5-15H,4H2,1-3H3,(H,24,26). The molecule has 132 valence electrons. The minimum absolute atomic E-state index is 0.163. The Hall–Kier alpha value is -3.14. The average Bonchev–Trinajstić information content (AvgIpc) is 2.65. The van der Waals surface area contributed by atoms with E-state index in [4.69, 9.17) is 0 Å². The predicted octanol–water partition coefficient (Wildman–Crippen LogP) is 5.11. The van der Waals surface area contributed by atoms with Crippen LogP contribution in [0, 0.1) is 13.8 Å². The van der Waals surface area contributed by atoms with Gasteiger partial charge < -0.3 is 10.2 Å². The fourth-order valence-electron chi connectivity index (χ4n) is 2.85. The molecule has 1 heterocycles. The van der Waals surface area contributed by atoms with Gasteiger partial charge in [-0.05, 0) is 56.7 Å². The molecule has 0 aliphatic rings. The van der Waals surface area contributed by atoms with Crippen molar-refractivity contribution in [1.29, 1.82) is 0 Å². The first-order chi connectivity index (χ1) is 12.6. The monoisotopic (exact) mass is 345 g/mol. The van der Waals surface area contributed by atoms with Gasteiger partial charge in [-0.25, -0.2) is 0 Å². The van der Waals surface area contributed by atoms with Gasteiger partial charge >= 0.3 is 0 Å². The molecular formula is C22H23N3O. The van der Waals surface area contributed by atoms with Gasteiger partial charge in [-0.2, -0.15) is 0 Å². The highest BCUT2D eigenvalue weighted by Gasteiger charge is 2.12. The molecule has 0 atom stereocenters. The first-order valence-corrected chi connectivity index (χ1v) is 8.74. The van der Waals surface area contributed by atoms with Gasteiger partial charge in [0.1, 0.15) is 0 Å². The van der Waals surface area contributed by atoms with Crippen LogP contribution in [0.5, 0.6) is 0 Å². The summed E-state index contributed by atoms with van der Waals surface area (Å²) in [6, 6.07) is 17.9. The number of aryl methyl sites for hydroxylation is 2. The summed E-state index contributed by atoms with van der Waals surface area (Å²) in [5.74, 6) is -0.163. The van der Waals surface area contributed by atoms with E-state index in [0.29, 0.717) is 5.56 Å². The van der Waals surface area contributed by atoms with E-state index in [1.807, 2.05) is 43.3 Å². The van der Waals surface area contributed by atoms with Crippen LogP contribution in [0.3, 0.4) is 0 Å². The zero-order chi connectivity index (χ0) is 18.5. The molecule has 1 N–H and O–H groups in total. The highest BCUT2D eigenvalue weighted by Crippen LogP contribution is 2.26. The topological polar surface area (TPSA) is 45.2 Å². The van der Waals surface area contributed by atoms with Crippen LogP contribution < -0.4 is 10.2 Å². The molecule has 3 aromatic rings. The zero-order valence-electron chi connectivity index (χ0n) is 15.4. The third kappa shape index (κ3) is 4.09. The predicted molar refractivity (Wildman–Crippen MR) is 107 cm³/mol. The van der Waals surface area contributed by atoms with Crippen LogP contribution >= 0.6 is 0 Å². The Morgan fingerprint density at radius 2 is 1.73 bits per heavy atom. The van der Waals surface area contributed by atoms with Gasteiger partial charge in [0, 0.05) is 24.1 Å². The molecule has 3 rings (SSSR count). The second-order valence-electron chi connectivity index (χ2n) is 6.34. The number of anilines is 3. The van der Waals surface area contributed by atoms with Crippen LogP contribution in [-0.4, -0.2) is 17.4 Å². The molecule has 0 fully saturated rings. The largest absolute Gasteiger partial charge is 0.340 e. The second kappa shape index (κ2) is 7.83. The maximum absolute atomic E-state index is 12.6. The minimum Gasteiger partial charge on any atom is -0.340 e. The molecule has 2 aromatic carbocycles. The number of carbonyl (C=O) groups excluding carboxylic acids is 1. The van der Waals surface area contributed by atoms with Crippen molar-refractivity contribution in [2.45, 2.75) is 20.8 Å². The summed E-state index contributed by atoms with van der Waals surface area (Å²) in [4.78, 5) is 19.0. The molecule has 0 saturated heterocycles. The molecule has 0 aliphatic carbocycles. The fraction of sp³-hybridized carbons (Fsp3) is 0.182. The van der Waals surface area contributed by atoms with E-state index in [0.717, 1.165) is 29.2 Å². The third-order valence-corrected chi connectivity index (χ3v) is 4.24. The lowest BCUT2D eigenvalue weighted by Crippen LogP contribution is -2.18. The number of hydrogen-bond donors (Lipinski definition) is 1. The highest BCUT2D eigenvalue weighted by atomic mass is 16.1. The number of rotatable bonds is 5. The lowest BCUT2D eigenvalue weighted by atomic mass is 10.1. The molecular weight excluding hydrogens is 322 g/mol. The van der Waals surface area contributed by atoms with Crippen LogP contribution in [0.4, 0.5) is 17.1 Å². The number of carbonyl (C=O) groups is 1. The lowest BCUT2D eigenvalue weighted by molar-refractivity contribution is 0.102. The number of aromatic nitrogens is 1. The summed E-state index contributed by atoms with van der Waals surface area (Å²) < 4.78 is 0. The molecule has 4 nitrogen and oxygen atoms in total. The van der Waals surface area contributed by atoms with Crippen molar-refractivity contribution in [2.75, 3.05) is 16.8 Å². The number of benzene rings is 2. The first-order valence-electron chi connectivity index (χ1n) is 8.74. The molecule has 4 heteroatoms. The Morgan fingerprint density at radius 3 is 2.42 bits per heavy atom. The van der Waals surface area contributed by atoms with Gasteiger partial charge in [0.2, 0.25) is 0 Å². The summed E-state index contributed by atoms with van der Waals surface area (Å²) in [6.45, 7) is 6.96. The molecule has 1 amide bonds. The zero-order valence-corrected chi connectivity index (χ0v) is 15.4. The van der Waals surface area contributed by atoms with Gasteiger partial charge in [-0.3, -0.25) is 9.78 Å². The summed E-state index contributed by atoms with van der Waals surface area (Å²) in [6.07, 6.45) is 3.38. The van der Waals surface area contributed by atoms with Gasteiger partial charge in [-0.1, -0.05) is 29.8 Å². The van der Waals surface area contributed by atoms with Crippen LogP contribution in [0.15, 0.2) is 67.0 Å². The number of amides is 1. The normalized spacial score (nSPS) is 10.4. The molecule has 1 aromatic heterocycles. The van der Waals surface area contributed by atoms with Crippen LogP contribution in [0.25, 0.3) is 0 Å².